The molecule has 0 aliphatic carbocycles. The molecule has 0 radical (unpaired) electrons. The van der Waals surface area contributed by atoms with Crippen LogP contribution < -0.4 is 14.2 Å². The van der Waals surface area contributed by atoms with Crippen molar-refractivity contribution in [1.82, 2.24) is 0 Å². The molecule has 2 aromatic rings. The van der Waals surface area contributed by atoms with E-state index in [1.54, 1.807) is 43.5 Å². The summed E-state index contributed by atoms with van der Waals surface area (Å²) in [7, 11) is 1.58. The molecule has 0 unspecified atom stereocenters. The van der Waals surface area contributed by atoms with Gasteiger partial charge in [-0.15, -0.1) is 0 Å². The normalized spacial score (nSPS) is 10.9. The maximum absolute atomic E-state index is 12.0. The third-order valence-corrected chi connectivity index (χ3v) is 4.03. The number of Topliss-reactive ketones (excluding diaryl/α,β-unsaturated/α-hetero) is 1. The van der Waals surface area contributed by atoms with Crippen LogP contribution in [0.15, 0.2) is 48.5 Å². The van der Waals surface area contributed by atoms with Gasteiger partial charge in [0.05, 0.1) is 13.7 Å². The van der Waals surface area contributed by atoms with E-state index in [0.717, 1.165) is 12.0 Å². The van der Waals surface area contributed by atoms with Crippen LogP contribution in [-0.2, 0) is 4.79 Å². The third kappa shape index (κ3) is 6.58. The molecule has 0 saturated carbocycles. The molecule has 0 bridgehead atoms. The first-order chi connectivity index (χ1) is 13.4. The van der Waals surface area contributed by atoms with Crippen LogP contribution in [0.25, 0.3) is 6.08 Å². The van der Waals surface area contributed by atoms with Gasteiger partial charge in [-0.25, -0.2) is 4.79 Å². The van der Waals surface area contributed by atoms with Crippen LogP contribution in [0.4, 0.5) is 0 Å². The molecule has 0 fully saturated rings. The highest BCUT2D eigenvalue weighted by atomic mass is 16.5. The predicted octanol–water partition coefficient (Wildman–Crippen LogP) is 4.94. The van der Waals surface area contributed by atoms with E-state index < -0.39 is 5.97 Å². The van der Waals surface area contributed by atoms with E-state index in [2.05, 4.69) is 13.8 Å². The maximum Gasteiger partial charge on any atom is 0.336 e. The van der Waals surface area contributed by atoms with Gasteiger partial charge in [-0.1, -0.05) is 19.9 Å². The van der Waals surface area contributed by atoms with Crippen molar-refractivity contribution in [3.05, 3.63) is 59.7 Å². The summed E-state index contributed by atoms with van der Waals surface area (Å²) in [6.45, 7) is 6.40. The minimum Gasteiger partial charge on any atom is -0.493 e. The first kappa shape index (κ1) is 21.2. The van der Waals surface area contributed by atoms with E-state index in [1.165, 1.54) is 13.0 Å². The fourth-order valence-electron chi connectivity index (χ4n) is 2.38. The van der Waals surface area contributed by atoms with Gasteiger partial charge in [0.25, 0.3) is 0 Å². The molecule has 0 saturated heterocycles. The number of benzene rings is 2. The van der Waals surface area contributed by atoms with Gasteiger partial charge in [0.15, 0.2) is 17.3 Å². The Balaban J connectivity index is 1.98. The van der Waals surface area contributed by atoms with Crippen LogP contribution in [0.2, 0.25) is 0 Å². The molecule has 0 amide bonds. The quantitative estimate of drug-likeness (QED) is 0.266. The number of methoxy groups -OCH3 is 1. The second kappa shape index (κ2) is 10.3. The average Bonchev–Trinajstić information content (AvgIpc) is 2.67. The van der Waals surface area contributed by atoms with Crippen LogP contribution >= 0.6 is 0 Å². The number of esters is 1. The minimum absolute atomic E-state index is 0.0386. The van der Waals surface area contributed by atoms with E-state index >= 15 is 0 Å². The Hall–Kier alpha value is -3.08. The van der Waals surface area contributed by atoms with Crippen molar-refractivity contribution in [1.29, 1.82) is 0 Å². The Morgan fingerprint density at radius 3 is 2.36 bits per heavy atom. The molecule has 0 aromatic heterocycles. The van der Waals surface area contributed by atoms with Gasteiger partial charge < -0.3 is 14.2 Å². The second-order valence-electron chi connectivity index (χ2n) is 6.78. The molecule has 2 aromatic carbocycles. The zero-order valence-corrected chi connectivity index (χ0v) is 16.7. The Morgan fingerprint density at radius 2 is 1.75 bits per heavy atom. The van der Waals surface area contributed by atoms with Crippen LogP contribution in [0.1, 0.15) is 43.1 Å². The highest BCUT2D eigenvalue weighted by Gasteiger charge is 2.07. The highest BCUT2D eigenvalue weighted by molar-refractivity contribution is 5.94. The average molecular weight is 382 g/mol. The largest absolute Gasteiger partial charge is 0.493 e. The second-order valence-corrected chi connectivity index (χ2v) is 6.78. The van der Waals surface area contributed by atoms with Crippen LogP contribution in [0.5, 0.6) is 17.2 Å². The van der Waals surface area contributed by atoms with E-state index in [1.807, 2.05) is 12.1 Å². The van der Waals surface area contributed by atoms with Crippen LogP contribution in [-0.4, -0.2) is 25.5 Å². The molecule has 5 nitrogen and oxygen atoms in total. The van der Waals surface area contributed by atoms with Crippen LogP contribution in [0, 0.1) is 5.92 Å². The van der Waals surface area contributed by atoms with Crippen molar-refractivity contribution in [2.45, 2.75) is 27.2 Å². The summed E-state index contributed by atoms with van der Waals surface area (Å²) in [6, 6.07) is 11.9. The lowest BCUT2D eigenvalue weighted by Crippen LogP contribution is -2.04. The summed E-state index contributed by atoms with van der Waals surface area (Å²) in [5, 5.41) is 0. The Bertz CT molecular complexity index is 835. The van der Waals surface area contributed by atoms with Gasteiger partial charge in [-0.05, 0) is 67.3 Å². The molecular formula is C23H26O5. The lowest BCUT2D eigenvalue weighted by atomic mass is 10.1. The summed E-state index contributed by atoms with van der Waals surface area (Å²) in [4.78, 5) is 23.3. The third-order valence-electron chi connectivity index (χ3n) is 4.03. The summed E-state index contributed by atoms with van der Waals surface area (Å²) in [6.07, 6.45) is 3.95. The number of rotatable bonds is 9. The number of hydrogen-bond acceptors (Lipinski definition) is 5. The molecule has 0 N–H and O–H groups in total. The fourth-order valence-corrected chi connectivity index (χ4v) is 2.38. The van der Waals surface area contributed by atoms with Crippen molar-refractivity contribution >= 4 is 17.8 Å². The molecule has 2 rings (SSSR count). The zero-order valence-electron chi connectivity index (χ0n) is 16.7. The molecule has 0 atom stereocenters. The van der Waals surface area contributed by atoms with Gasteiger partial charge in [-0.2, -0.15) is 0 Å². The smallest absolute Gasteiger partial charge is 0.336 e. The van der Waals surface area contributed by atoms with E-state index in [9.17, 15) is 9.59 Å². The van der Waals surface area contributed by atoms with Gasteiger partial charge >= 0.3 is 5.97 Å². The predicted molar refractivity (Wildman–Crippen MR) is 109 cm³/mol. The van der Waals surface area contributed by atoms with Gasteiger partial charge in [0.2, 0.25) is 0 Å². The fraction of sp³-hybridized carbons (Fsp3) is 0.304. The Labute approximate surface area is 165 Å². The van der Waals surface area contributed by atoms with E-state index in [-0.39, 0.29) is 5.78 Å². The monoisotopic (exact) mass is 382 g/mol. The molecule has 0 heterocycles. The van der Waals surface area contributed by atoms with Crippen LogP contribution in [0.3, 0.4) is 0 Å². The number of carbonyl (C=O) groups is 2. The molecular weight excluding hydrogens is 356 g/mol. The maximum atomic E-state index is 12.0. The van der Waals surface area contributed by atoms with Gasteiger partial charge in [-0.3, -0.25) is 4.79 Å². The first-order valence-electron chi connectivity index (χ1n) is 9.20. The van der Waals surface area contributed by atoms with E-state index in [0.29, 0.717) is 35.3 Å². The van der Waals surface area contributed by atoms with Gasteiger partial charge in [0, 0.05) is 11.6 Å². The lowest BCUT2D eigenvalue weighted by molar-refractivity contribution is -0.128. The summed E-state index contributed by atoms with van der Waals surface area (Å²) < 4.78 is 16.4. The van der Waals surface area contributed by atoms with Gasteiger partial charge in [0.1, 0.15) is 5.75 Å². The molecule has 0 aliphatic heterocycles. The molecule has 0 spiro atoms. The van der Waals surface area contributed by atoms with Crippen molar-refractivity contribution in [2.24, 2.45) is 5.92 Å². The van der Waals surface area contributed by atoms with Crippen molar-refractivity contribution < 1.29 is 23.8 Å². The minimum atomic E-state index is -0.508. The number of ketones is 1. The Kier molecular flexibility index (Phi) is 7.81. The topological polar surface area (TPSA) is 61.8 Å². The zero-order chi connectivity index (χ0) is 20.5. The molecule has 0 aliphatic rings. The Morgan fingerprint density at radius 1 is 1.04 bits per heavy atom. The number of hydrogen-bond donors (Lipinski definition) is 0. The van der Waals surface area contributed by atoms with E-state index in [4.69, 9.17) is 14.2 Å². The number of carbonyl (C=O) groups excluding carboxylic acids is 2. The van der Waals surface area contributed by atoms with Crippen molar-refractivity contribution in [2.75, 3.05) is 13.7 Å². The van der Waals surface area contributed by atoms with Crippen molar-refractivity contribution in [3.63, 3.8) is 0 Å². The summed E-state index contributed by atoms with van der Waals surface area (Å²) in [5.74, 6) is 1.69. The summed E-state index contributed by atoms with van der Waals surface area (Å²) in [5.41, 5.74) is 1.36. The van der Waals surface area contributed by atoms with Crippen molar-refractivity contribution in [3.8, 4) is 17.2 Å². The molecule has 28 heavy (non-hydrogen) atoms. The molecule has 148 valence electrons. The number of ether oxygens (including phenoxy) is 3. The lowest BCUT2D eigenvalue weighted by Gasteiger charge is -2.12. The highest BCUT2D eigenvalue weighted by Crippen LogP contribution is 2.29. The standard InChI is InChI=1S/C23H26O5/c1-16(2)13-14-27-21-11-5-18(15-22(21)26-4)6-12-23(25)28-20-9-7-19(8-10-20)17(3)24/h5-12,15-16H,13-14H2,1-4H3/b12-6+. The first-order valence-corrected chi connectivity index (χ1v) is 9.20. The summed E-state index contributed by atoms with van der Waals surface area (Å²) >= 11 is 0. The molecule has 5 heteroatoms. The SMILES string of the molecule is COc1cc(/C=C/C(=O)Oc2ccc(C(C)=O)cc2)ccc1OCCC(C)C.